The van der Waals surface area contributed by atoms with E-state index < -0.39 is 0 Å². The van der Waals surface area contributed by atoms with Crippen LogP contribution < -0.4 is 0 Å². The van der Waals surface area contributed by atoms with Crippen LogP contribution in [-0.2, 0) is 16.2 Å². The predicted octanol–water partition coefficient (Wildman–Crippen LogP) is 34.8. The Kier molecular flexibility index (Phi) is 29.1. The van der Waals surface area contributed by atoms with Crippen LogP contribution in [0.1, 0.15) is 415 Å². The Morgan fingerprint density at radius 1 is 0.248 bits per heavy atom. The molecule has 0 nitrogen and oxygen atoms in total. The van der Waals surface area contributed by atoms with Crippen LogP contribution in [0.2, 0.25) is 0 Å². The molecular formula is C113H180. The average molecular weight is 1540 g/mol. The molecule has 0 saturated heterocycles. The molecule has 14 aliphatic carbocycles. The molecular weight excluding hydrogens is 1360 g/mol. The molecule has 14 fully saturated rings. The number of fused-ring (bicyclic) bond motifs is 4. The third-order valence-electron chi connectivity index (χ3n) is 36.2. The van der Waals surface area contributed by atoms with Crippen LogP contribution in [0.3, 0.4) is 0 Å². The highest BCUT2D eigenvalue weighted by atomic mass is 14.6. The van der Waals surface area contributed by atoms with E-state index in [4.69, 9.17) is 0 Å². The largest absolute Gasteiger partial charge is 0.0622 e. The van der Waals surface area contributed by atoms with Crippen molar-refractivity contribution in [3.63, 3.8) is 0 Å². The van der Waals surface area contributed by atoms with Gasteiger partial charge in [-0.2, -0.15) is 0 Å². The summed E-state index contributed by atoms with van der Waals surface area (Å²) in [6.45, 7) is 71.5. The minimum absolute atomic E-state index is 0.0249. The normalized spacial score (nSPS) is 30.2. The Labute approximate surface area is 702 Å². The van der Waals surface area contributed by atoms with Gasteiger partial charge in [-0.15, -0.1) is 0 Å². The van der Waals surface area contributed by atoms with Gasteiger partial charge in [0, 0.05) is 10.8 Å². The van der Waals surface area contributed by atoms with Crippen molar-refractivity contribution in [1.82, 2.24) is 0 Å². The van der Waals surface area contributed by atoms with E-state index in [-0.39, 0.29) is 16.2 Å². The van der Waals surface area contributed by atoms with Gasteiger partial charge in [0.2, 0.25) is 0 Å². The predicted molar refractivity (Wildman–Crippen MR) is 498 cm³/mol. The first-order valence-corrected chi connectivity index (χ1v) is 47.5. The second kappa shape index (κ2) is 35.4. The lowest BCUT2D eigenvalue weighted by atomic mass is 9.40. The fourth-order valence-corrected chi connectivity index (χ4v) is 26.2. The Balaban J connectivity index is 0.000000150. The van der Waals surface area contributed by atoms with Crippen molar-refractivity contribution in [3.8, 4) is 0 Å². The molecule has 113 heavy (non-hydrogen) atoms. The molecule has 0 aromatic heterocycles. The summed E-state index contributed by atoms with van der Waals surface area (Å²) in [7, 11) is 0. The highest BCUT2D eigenvalue weighted by Crippen LogP contribution is 2.69. The smallest absolute Gasteiger partial charge is 0.0499 e. The molecule has 0 heterocycles. The van der Waals surface area contributed by atoms with Crippen LogP contribution in [0.4, 0.5) is 0 Å². The lowest BCUT2D eigenvalue weighted by molar-refractivity contribution is -0.153. The van der Waals surface area contributed by atoms with E-state index in [0.29, 0.717) is 54.1 Å². The van der Waals surface area contributed by atoms with E-state index in [0.717, 1.165) is 69.5 Å². The number of hydrogen-bond donors (Lipinski definition) is 0. The maximum absolute atomic E-state index is 2.61. The third-order valence-corrected chi connectivity index (χ3v) is 36.2. The maximum Gasteiger partial charge on any atom is 0.0499 e. The minimum atomic E-state index is -0.184. The fraction of sp³-hybridized carbons (Fsp3) is 0.735. The molecule has 0 atom stereocenters. The number of hydrogen-bond acceptors (Lipinski definition) is 0. The Morgan fingerprint density at radius 3 is 0.850 bits per heavy atom. The summed E-state index contributed by atoms with van der Waals surface area (Å²) in [5, 5.41) is 0. The summed E-state index contributed by atoms with van der Waals surface area (Å²) in [5.41, 5.74) is 14.0. The number of rotatable bonds is 5. The molecule has 0 spiro atoms. The summed E-state index contributed by atoms with van der Waals surface area (Å²) in [6.07, 6.45) is 42.4. The first kappa shape index (κ1) is 93.0. The van der Waals surface area contributed by atoms with Gasteiger partial charge in [-0.3, -0.25) is 0 Å². The molecule has 5 aromatic rings. The highest BCUT2D eigenvalue weighted by molar-refractivity contribution is 5.52. The van der Waals surface area contributed by atoms with Crippen LogP contribution in [-0.4, -0.2) is 0 Å². The molecule has 19 rings (SSSR count). The quantitative estimate of drug-likeness (QED) is 0.154. The Bertz CT molecular complexity index is 3430. The summed E-state index contributed by atoms with van der Waals surface area (Å²) >= 11 is 0. The standard InChI is InChI=1S/C23H24.C16H24.C15H26.C14H24.C13H20.2C12H22.C8H18/c1-22(2,3)23(19-13-7-4-8-14-19,20-15-9-5-10-16-20)21-17-11-6-12-18-21;1-15(2,3)16(12-8-5-9-13-16)14-10-6-4-7-11-14;1-14(2,3)15(4)12-6-10-5-11(8-12)9-13(15)7-10;1-13(2,3)14-7-10-4-11(8-14)6-12(5-10)9-14;1-12(2,3)13(4,5)11-9-7-6-8-10-11;1-11(2,3)12-7-4-10(5-8-12)6-9-12;1-11(2,3)12-8-4-6-10(12)7-5-9-12;1-7(2,3)8(4,5)6/h4-18H,1-3H3;4,6-7,10-11H,5,8-9,12-13H2,1-3H3;10-13H,5-9H2,1-4H3;10-12H,4-9H2,1-3H3;6-10H,1-5H3;2*10H,4-9H2,1-3H3;1-6H3. The van der Waals surface area contributed by atoms with Gasteiger partial charge in [0.25, 0.3) is 0 Å². The van der Waals surface area contributed by atoms with Crippen molar-refractivity contribution in [1.29, 1.82) is 0 Å². The van der Waals surface area contributed by atoms with Crippen molar-refractivity contribution in [2.24, 2.45) is 124 Å². The van der Waals surface area contributed by atoms with Gasteiger partial charge in [-0.05, 0) is 305 Å². The van der Waals surface area contributed by atoms with E-state index in [9.17, 15) is 0 Å². The van der Waals surface area contributed by atoms with E-state index in [1.807, 2.05) is 0 Å². The van der Waals surface area contributed by atoms with Crippen LogP contribution in [0.25, 0.3) is 0 Å². The second-order valence-electron chi connectivity index (χ2n) is 50.3. The van der Waals surface area contributed by atoms with Crippen LogP contribution in [0, 0.1) is 124 Å². The van der Waals surface area contributed by atoms with Gasteiger partial charge in [-0.1, -0.05) is 391 Å². The van der Waals surface area contributed by atoms with Crippen molar-refractivity contribution in [2.45, 2.75) is 404 Å². The lowest BCUT2D eigenvalue weighted by Gasteiger charge is -2.65. The SMILES string of the molecule is CC(C)(C)C(C)(C)C.CC(C)(C)C(C)(C)c1ccccc1.CC(C)(C)C(c1ccccc1)(c1ccccc1)c1ccccc1.CC(C)(C)C1(C)C2CC3CC(C2)CC1C3.CC(C)(C)C1(c2ccccc2)CCCCC1.CC(C)(C)C12CC3CC(CC(C3)C1)C2.CC(C)(C)C12CCC(CC1)CC2.CC(C)(C)C12CCCC1CCC2. The molecule has 0 unspecified atom stereocenters. The van der Waals surface area contributed by atoms with Crippen molar-refractivity contribution in [2.75, 3.05) is 0 Å². The zero-order valence-corrected chi connectivity index (χ0v) is 79.9. The first-order chi connectivity index (χ1) is 52.2. The van der Waals surface area contributed by atoms with Crippen molar-refractivity contribution >= 4 is 0 Å². The highest BCUT2D eigenvalue weighted by Gasteiger charge is 2.60. The monoisotopic (exact) mass is 1540 g/mol. The van der Waals surface area contributed by atoms with E-state index >= 15 is 0 Å². The molecule has 0 amide bonds. The van der Waals surface area contributed by atoms with Gasteiger partial charge in [0.15, 0.2) is 0 Å². The Hall–Kier alpha value is -3.90. The van der Waals surface area contributed by atoms with Crippen LogP contribution in [0.5, 0.6) is 0 Å². The second-order valence-corrected chi connectivity index (χ2v) is 50.3. The first-order valence-electron chi connectivity index (χ1n) is 47.5. The van der Waals surface area contributed by atoms with Crippen LogP contribution in [0.15, 0.2) is 152 Å². The summed E-state index contributed by atoms with van der Waals surface area (Å²) in [6, 6.07) is 54.5. The van der Waals surface area contributed by atoms with Gasteiger partial charge in [-0.25, -0.2) is 0 Å². The topological polar surface area (TPSA) is 0 Å². The average Bonchev–Trinajstić information content (AvgIpc) is 1.64. The van der Waals surface area contributed by atoms with Gasteiger partial charge >= 0.3 is 0 Å². The van der Waals surface area contributed by atoms with E-state index in [1.54, 1.807) is 76.2 Å². The van der Waals surface area contributed by atoms with Gasteiger partial charge in [0.1, 0.15) is 0 Å². The molecule has 0 aliphatic heterocycles. The van der Waals surface area contributed by atoms with Gasteiger partial charge < -0.3 is 0 Å². The fourth-order valence-electron chi connectivity index (χ4n) is 26.2. The molecule has 0 radical (unpaired) electrons. The molecule has 10 bridgehead atoms. The zero-order valence-electron chi connectivity index (χ0n) is 79.9. The molecule has 0 N–H and O–H groups in total. The van der Waals surface area contributed by atoms with E-state index in [2.05, 4.69) is 359 Å². The minimum Gasteiger partial charge on any atom is -0.0622 e. The maximum atomic E-state index is 2.61. The number of benzene rings is 5. The summed E-state index contributed by atoms with van der Waals surface area (Å²) < 4.78 is 0. The zero-order chi connectivity index (χ0) is 83.6. The van der Waals surface area contributed by atoms with Crippen molar-refractivity contribution < 1.29 is 0 Å². The Morgan fingerprint density at radius 2 is 0.575 bits per heavy atom. The lowest BCUT2D eigenvalue weighted by Crippen LogP contribution is -2.56. The third kappa shape index (κ3) is 20.3. The van der Waals surface area contributed by atoms with E-state index in [1.165, 1.54) is 131 Å². The molecule has 5 aromatic carbocycles. The molecule has 14 saturated carbocycles. The van der Waals surface area contributed by atoms with Crippen LogP contribution >= 0.6 is 0 Å². The molecule has 0 heteroatoms. The van der Waals surface area contributed by atoms with Crippen molar-refractivity contribution in [3.05, 3.63) is 179 Å². The molecule has 14 aliphatic rings. The summed E-state index contributed by atoms with van der Waals surface area (Å²) in [4.78, 5) is 0. The molecule has 632 valence electrons. The summed E-state index contributed by atoms with van der Waals surface area (Å²) in [5.74, 6) is 9.85. The van der Waals surface area contributed by atoms with Gasteiger partial charge in [0.05, 0.1) is 0 Å².